The van der Waals surface area contributed by atoms with Gasteiger partial charge in [0.2, 0.25) is 0 Å². The van der Waals surface area contributed by atoms with Gasteiger partial charge in [-0.1, -0.05) is 0 Å². The molecule has 2 unspecified atom stereocenters. The lowest BCUT2D eigenvalue weighted by Gasteiger charge is -2.44. The van der Waals surface area contributed by atoms with E-state index in [4.69, 9.17) is 0 Å². The fourth-order valence-corrected chi connectivity index (χ4v) is 5.07. The summed E-state index contributed by atoms with van der Waals surface area (Å²) in [6.45, 7) is 3.29. The quantitative estimate of drug-likeness (QED) is 0.553. The Kier molecular flexibility index (Phi) is 5.93. The van der Waals surface area contributed by atoms with Gasteiger partial charge in [0.15, 0.2) is 5.65 Å². The summed E-state index contributed by atoms with van der Waals surface area (Å²) in [6, 6.07) is 5.30. The minimum atomic E-state index is -2.67. The van der Waals surface area contributed by atoms with Gasteiger partial charge >= 0.3 is 0 Å². The van der Waals surface area contributed by atoms with Gasteiger partial charge in [-0.25, -0.2) is 28.2 Å². The molecule has 5 rings (SSSR count). The molecule has 3 atom stereocenters. The third kappa shape index (κ3) is 4.15. The molecule has 0 saturated carbocycles. The number of rotatable bonds is 6. The van der Waals surface area contributed by atoms with Crippen molar-refractivity contribution in [1.82, 2.24) is 34.2 Å². The average Bonchev–Trinajstić information content (AvgIpc) is 3.43. The molecule has 2 aliphatic heterocycles. The molecule has 0 aliphatic carbocycles. The molecule has 170 valence electrons. The van der Waals surface area contributed by atoms with Crippen LogP contribution < -0.4 is 9.62 Å². The lowest BCUT2D eigenvalue weighted by Crippen LogP contribution is -2.59. The summed E-state index contributed by atoms with van der Waals surface area (Å²) >= 11 is -1.06. The topological polar surface area (TPSA) is 97.5 Å². The van der Waals surface area contributed by atoms with Crippen LogP contribution in [-0.4, -0.2) is 78.5 Å². The highest BCUT2D eigenvalue weighted by Gasteiger charge is 2.38. The minimum absolute atomic E-state index is 0.227. The van der Waals surface area contributed by atoms with Gasteiger partial charge in [-0.15, -0.1) is 4.72 Å². The number of hydrogen-bond donors (Lipinski definition) is 1. The maximum Gasteiger partial charge on any atom is 0.282 e. The van der Waals surface area contributed by atoms with E-state index < -0.39 is 17.8 Å². The van der Waals surface area contributed by atoms with Crippen molar-refractivity contribution in [3.05, 3.63) is 36.4 Å². The van der Waals surface area contributed by atoms with Gasteiger partial charge in [0.1, 0.15) is 29.8 Å². The number of aromatic nitrogens is 5. The van der Waals surface area contributed by atoms with E-state index in [1.165, 1.54) is 23.0 Å². The number of alkyl halides is 2. The second-order valence-electron chi connectivity index (χ2n) is 8.13. The van der Waals surface area contributed by atoms with Crippen LogP contribution in [0.4, 0.5) is 14.6 Å². The first kappa shape index (κ1) is 21.4. The molecule has 2 aliphatic rings. The molecule has 3 aromatic rings. The zero-order chi connectivity index (χ0) is 22.2. The second kappa shape index (κ2) is 8.85. The fourth-order valence-electron chi connectivity index (χ4n) is 4.64. The zero-order valence-corrected chi connectivity index (χ0v) is 18.4. The first-order chi connectivity index (χ1) is 15.5. The van der Waals surface area contributed by atoms with Crippen LogP contribution in [0.2, 0.25) is 0 Å². The van der Waals surface area contributed by atoms with Gasteiger partial charge in [0.05, 0.1) is 18.4 Å². The highest BCUT2D eigenvalue weighted by molar-refractivity contribution is 7.88. The Labute approximate surface area is 187 Å². The number of piperazine rings is 1. The molecule has 2 saturated heterocycles. The Bertz CT molecular complexity index is 1100. The molecule has 0 amide bonds. The summed E-state index contributed by atoms with van der Waals surface area (Å²) in [4.78, 5) is 17.8. The highest BCUT2D eigenvalue weighted by Crippen LogP contribution is 2.29. The SMILES string of the molecule is C[S+]([O-])NCC1CN(c2cc(-c3cnc4ccc(C(F)F)nn34)ncn2)C[C@@H]2CCCN12. The number of nitrogens with zero attached hydrogens (tertiary/aromatic N) is 7. The van der Waals surface area contributed by atoms with Gasteiger partial charge in [0.25, 0.3) is 6.43 Å². The molecule has 1 N–H and O–H groups in total. The zero-order valence-electron chi connectivity index (χ0n) is 17.6. The molecule has 9 nitrogen and oxygen atoms in total. The predicted octanol–water partition coefficient (Wildman–Crippen LogP) is 1.66. The molecular weight excluding hydrogens is 438 g/mol. The molecule has 0 spiro atoms. The van der Waals surface area contributed by atoms with Crippen molar-refractivity contribution in [2.75, 3.05) is 37.3 Å². The van der Waals surface area contributed by atoms with Crippen molar-refractivity contribution in [1.29, 1.82) is 0 Å². The van der Waals surface area contributed by atoms with E-state index in [2.05, 4.69) is 34.6 Å². The standard InChI is InChI=1S/C20H24F2N8OS/c1-32(31)26-8-14-11-28(10-13-3-2-6-29(13)14)19-7-16(24-12-25-19)17-9-23-18-5-4-15(20(21)22)27-30(17)18/h4-5,7,9,12-14,20,26H,2-3,6,8,10-11H2,1H3/t13-,14?,32?/m0/s1. The number of anilines is 1. The third-order valence-electron chi connectivity index (χ3n) is 6.12. The van der Waals surface area contributed by atoms with Gasteiger partial charge in [-0.3, -0.25) is 4.90 Å². The van der Waals surface area contributed by atoms with E-state index in [0.29, 0.717) is 29.6 Å². The van der Waals surface area contributed by atoms with Crippen molar-refractivity contribution in [2.45, 2.75) is 31.4 Å². The summed E-state index contributed by atoms with van der Waals surface area (Å²) in [5.41, 5.74) is 1.26. The molecule has 0 bridgehead atoms. The monoisotopic (exact) mass is 462 g/mol. The number of hydrogen-bond acceptors (Lipinski definition) is 8. The number of halogens is 2. The van der Waals surface area contributed by atoms with Crippen LogP contribution in [0.15, 0.2) is 30.7 Å². The van der Waals surface area contributed by atoms with E-state index in [1.807, 2.05) is 6.07 Å². The van der Waals surface area contributed by atoms with E-state index >= 15 is 0 Å². The van der Waals surface area contributed by atoms with Crippen molar-refractivity contribution in [2.24, 2.45) is 0 Å². The molecule has 2 fully saturated rings. The van der Waals surface area contributed by atoms with Crippen molar-refractivity contribution in [3.63, 3.8) is 0 Å². The highest BCUT2D eigenvalue weighted by atomic mass is 32.2. The van der Waals surface area contributed by atoms with Crippen LogP contribution in [0.25, 0.3) is 17.0 Å². The Morgan fingerprint density at radius 3 is 2.94 bits per heavy atom. The Balaban J connectivity index is 1.44. The second-order valence-corrected chi connectivity index (χ2v) is 9.33. The van der Waals surface area contributed by atoms with Gasteiger partial charge < -0.3 is 9.45 Å². The van der Waals surface area contributed by atoms with Crippen molar-refractivity contribution in [3.8, 4) is 11.4 Å². The van der Waals surface area contributed by atoms with Crippen LogP contribution in [0.1, 0.15) is 25.0 Å². The normalized spacial score (nSPS) is 22.6. The number of nitrogens with one attached hydrogen (secondary N) is 1. The summed E-state index contributed by atoms with van der Waals surface area (Å²) in [5, 5.41) is 4.04. The van der Waals surface area contributed by atoms with Gasteiger partial charge in [-0.05, 0) is 31.5 Å². The lowest BCUT2D eigenvalue weighted by molar-refractivity contribution is 0.144. The van der Waals surface area contributed by atoms with E-state index in [9.17, 15) is 13.3 Å². The lowest BCUT2D eigenvalue weighted by atomic mass is 10.1. The molecular formula is C20H24F2N8OS. The van der Waals surface area contributed by atoms with Gasteiger partial charge in [0, 0.05) is 42.6 Å². The van der Waals surface area contributed by atoms with Crippen LogP contribution in [0.5, 0.6) is 0 Å². The Hall–Kier alpha value is -2.41. The minimum Gasteiger partial charge on any atom is -0.598 e. The van der Waals surface area contributed by atoms with E-state index in [1.54, 1.807) is 12.5 Å². The molecule has 32 heavy (non-hydrogen) atoms. The molecule has 3 aromatic heterocycles. The first-order valence-electron chi connectivity index (χ1n) is 10.5. The van der Waals surface area contributed by atoms with E-state index in [0.717, 1.165) is 38.3 Å². The van der Waals surface area contributed by atoms with Crippen LogP contribution in [0, 0.1) is 0 Å². The fraction of sp³-hybridized carbons (Fsp3) is 0.500. The molecule has 5 heterocycles. The Morgan fingerprint density at radius 2 is 2.12 bits per heavy atom. The van der Waals surface area contributed by atoms with Crippen molar-refractivity contribution < 1.29 is 13.3 Å². The first-order valence-corrected chi connectivity index (χ1v) is 12.1. The predicted molar refractivity (Wildman–Crippen MR) is 117 cm³/mol. The average molecular weight is 463 g/mol. The number of fused-ring (bicyclic) bond motifs is 2. The summed E-state index contributed by atoms with van der Waals surface area (Å²) in [7, 11) is 0. The van der Waals surface area contributed by atoms with Crippen LogP contribution in [-0.2, 0) is 11.4 Å². The smallest absolute Gasteiger partial charge is 0.282 e. The summed E-state index contributed by atoms with van der Waals surface area (Å²) in [5.74, 6) is 0.768. The third-order valence-corrected chi connectivity index (χ3v) is 6.69. The van der Waals surface area contributed by atoms with Crippen molar-refractivity contribution >= 4 is 22.8 Å². The maximum atomic E-state index is 13.1. The summed E-state index contributed by atoms with van der Waals surface area (Å²) in [6.07, 6.45) is 4.31. The van der Waals surface area contributed by atoms with Crippen LogP contribution in [0.3, 0.4) is 0 Å². The number of imidazole rings is 1. The Morgan fingerprint density at radius 1 is 1.25 bits per heavy atom. The molecule has 0 aromatic carbocycles. The largest absolute Gasteiger partial charge is 0.598 e. The van der Waals surface area contributed by atoms with Gasteiger partial charge in [-0.2, -0.15) is 5.10 Å². The molecule has 0 radical (unpaired) electrons. The summed E-state index contributed by atoms with van der Waals surface area (Å²) < 4.78 is 42.3. The molecule has 12 heteroatoms. The maximum absolute atomic E-state index is 13.1. The van der Waals surface area contributed by atoms with Crippen LogP contribution >= 0.6 is 0 Å². The van der Waals surface area contributed by atoms with E-state index in [-0.39, 0.29) is 11.7 Å².